The van der Waals surface area contributed by atoms with Crippen LogP contribution in [0.2, 0.25) is 0 Å². The van der Waals surface area contributed by atoms with Gasteiger partial charge in [-0.15, -0.1) is 0 Å². The van der Waals surface area contributed by atoms with Crippen molar-refractivity contribution in [2.24, 2.45) is 27.8 Å². The summed E-state index contributed by atoms with van der Waals surface area (Å²) >= 11 is 0. The van der Waals surface area contributed by atoms with E-state index in [1.54, 1.807) is 0 Å². The van der Waals surface area contributed by atoms with Crippen LogP contribution in [-0.4, -0.2) is 17.7 Å². The summed E-state index contributed by atoms with van der Waals surface area (Å²) in [5, 5.41) is 24.3. The van der Waals surface area contributed by atoms with Gasteiger partial charge in [0.2, 0.25) is 0 Å². The number of benzene rings is 4. The number of hydrogen-bond donors (Lipinski definition) is 3. The maximum absolute atomic E-state index is 11.2. The number of phenolic OH excluding ortho intramolecular Hbond substituents is 1. The van der Waals surface area contributed by atoms with E-state index in [1.165, 1.54) is 16.7 Å². The van der Waals surface area contributed by atoms with E-state index in [-0.39, 0.29) is 18.0 Å². The normalized spacial score (nSPS) is 21.0. The predicted molar refractivity (Wildman–Crippen MR) is 228 cm³/mol. The van der Waals surface area contributed by atoms with Gasteiger partial charge in [0.25, 0.3) is 0 Å². The monoisotopic (exact) mass is 718 g/mol. The second kappa shape index (κ2) is 16.3. The smallest absolute Gasteiger partial charge is 0.131 e. The third kappa shape index (κ3) is 8.37. The molecule has 0 amide bonds. The molecule has 8 rings (SSSR count). The summed E-state index contributed by atoms with van der Waals surface area (Å²) in [6.07, 6.45) is 27.9. The van der Waals surface area contributed by atoms with Gasteiger partial charge in [-0.05, 0) is 82.9 Å². The van der Waals surface area contributed by atoms with E-state index in [4.69, 9.17) is 10.8 Å². The summed E-state index contributed by atoms with van der Waals surface area (Å²) in [7, 11) is 0. The fraction of sp³-hybridized carbons (Fsp3) is 0.160. The Labute approximate surface area is 324 Å². The van der Waals surface area contributed by atoms with Crippen LogP contribution in [-0.2, 0) is 0 Å². The van der Waals surface area contributed by atoms with Gasteiger partial charge >= 0.3 is 0 Å². The summed E-state index contributed by atoms with van der Waals surface area (Å²) in [6.45, 7) is 2.54. The topological polar surface area (TPSA) is 83.0 Å². The van der Waals surface area contributed by atoms with E-state index >= 15 is 0 Å². The Kier molecular flexibility index (Phi) is 10.5. The molecule has 0 bridgehead atoms. The zero-order valence-electron chi connectivity index (χ0n) is 31.1. The highest BCUT2D eigenvalue weighted by Gasteiger charge is 2.34. The van der Waals surface area contributed by atoms with Crippen LogP contribution in [0.1, 0.15) is 42.5 Å². The lowest BCUT2D eigenvalue weighted by Crippen LogP contribution is -2.33. The molecule has 4 aliphatic carbocycles. The molecule has 4 N–H and O–H groups in total. The molecule has 4 aromatic carbocycles. The molecule has 4 aromatic rings. The van der Waals surface area contributed by atoms with Gasteiger partial charge in [-0.3, -0.25) is 0 Å². The number of aromatic hydroxyl groups is 1. The first-order chi connectivity index (χ1) is 27.0. The standard InChI is InChI=1S/C50H46N4O/c1-34(33-52-54-48(38-16-9-4-10-17-38)28-21-35-12-5-2-6-13-35)20-27-47(51)39-24-29-49(45(30-39)36-14-7-3-8-15-36)53-41-25-22-37(23-26-41)42-18-11-19-43(50(42)55)46-32-40-31-44(40)46/h2-14,16-30,32,36,45,48-49,53,55H,15,31,33,51H2,1H3/b28-21+,34-20+,47-27-,54-52?. The fourth-order valence-corrected chi connectivity index (χ4v) is 7.48. The number of hydrogen-bond acceptors (Lipinski definition) is 5. The first-order valence-corrected chi connectivity index (χ1v) is 19.1. The molecule has 1 saturated carbocycles. The number of azo groups is 1. The second-order valence-electron chi connectivity index (χ2n) is 14.6. The Bertz CT molecular complexity index is 2350. The molecule has 0 aromatic heterocycles. The number of allylic oxidation sites excluding steroid dienone is 11. The minimum atomic E-state index is -0.170. The zero-order valence-corrected chi connectivity index (χ0v) is 31.1. The Balaban J connectivity index is 0.939. The Morgan fingerprint density at radius 1 is 0.891 bits per heavy atom. The lowest BCUT2D eigenvalue weighted by Gasteiger charge is -2.33. The number of nitrogens with two attached hydrogens (primary N) is 1. The Hall–Kier alpha value is -6.46. The van der Waals surface area contributed by atoms with Crippen LogP contribution in [0.4, 0.5) is 5.69 Å². The summed E-state index contributed by atoms with van der Waals surface area (Å²) in [5.41, 5.74) is 19.6. The second-order valence-corrected chi connectivity index (χ2v) is 14.6. The van der Waals surface area contributed by atoms with Crippen LogP contribution in [0.3, 0.4) is 0 Å². The van der Waals surface area contributed by atoms with Crippen molar-refractivity contribution in [3.63, 3.8) is 0 Å². The molecular formula is C50H46N4O. The first kappa shape index (κ1) is 35.6. The van der Waals surface area contributed by atoms with E-state index in [9.17, 15) is 5.11 Å². The van der Waals surface area contributed by atoms with Crippen molar-refractivity contribution in [2.75, 3.05) is 11.9 Å². The van der Waals surface area contributed by atoms with Gasteiger partial charge in [-0.25, -0.2) is 0 Å². The number of nitrogens with one attached hydrogen (secondary N) is 1. The van der Waals surface area contributed by atoms with Gasteiger partial charge < -0.3 is 16.2 Å². The molecule has 5 heteroatoms. The molecule has 272 valence electrons. The summed E-state index contributed by atoms with van der Waals surface area (Å²) < 4.78 is 0. The Morgan fingerprint density at radius 2 is 1.67 bits per heavy atom. The Morgan fingerprint density at radius 3 is 2.40 bits per heavy atom. The average molecular weight is 719 g/mol. The van der Waals surface area contributed by atoms with E-state index < -0.39 is 0 Å². The van der Waals surface area contributed by atoms with Crippen molar-refractivity contribution >= 4 is 17.3 Å². The minimum absolute atomic E-state index is 0.0815. The van der Waals surface area contributed by atoms with Crippen LogP contribution in [0.5, 0.6) is 5.75 Å². The number of anilines is 1. The molecule has 4 atom stereocenters. The highest BCUT2D eigenvalue weighted by atomic mass is 16.3. The molecule has 0 spiro atoms. The average Bonchev–Trinajstić information content (AvgIpc) is 3.88. The molecule has 1 fully saturated rings. The first-order valence-electron chi connectivity index (χ1n) is 19.1. The number of phenols is 1. The van der Waals surface area contributed by atoms with Crippen LogP contribution in [0.25, 0.3) is 22.8 Å². The van der Waals surface area contributed by atoms with Crippen LogP contribution in [0, 0.1) is 11.8 Å². The van der Waals surface area contributed by atoms with E-state index in [0.717, 1.165) is 63.2 Å². The number of rotatable bonds is 13. The lowest BCUT2D eigenvalue weighted by molar-refractivity contribution is 0.447. The van der Waals surface area contributed by atoms with Crippen molar-refractivity contribution in [3.05, 3.63) is 215 Å². The zero-order chi connectivity index (χ0) is 37.6. The summed E-state index contributed by atoms with van der Waals surface area (Å²) in [6, 6.07) is 34.8. The predicted octanol–water partition coefficient (Wildman–Crippen LogP) is 11.9. The molecule has 5 nitrogen and oxygen atoms in total. The molecule has 0 aliphatic heterocycles. The van der Waals surface area contributed by atoms with Gasteiger partial charge in [-0.2, -0.15) is 10.2 Å². The highest BCUT2D eigenvalue weighted by molar-refractivity contribution is 5.98. The van der Waals surface area contributed by atoms with Gasteiger partial charge in [0.05, 0.1) is 12.6 Å². The third-order valence-corrected chi connectivity index (χ3v) is 10.7. The largest absolute Gasteiger partial charge is 0.507 e. The molecule has 4 unspecified atom stereocenters. The third-order valence-electron chi connectivity index (χ3n) is 10.7. The van der Waals surface area contributed by atoms with Crippen LogP contribution < -0.4 is 11.1 Å². The van der Waals surface area contributed by atoms with Gasteiger partial charge in [-0.1, -0.05) is 163 Å². The fourth-order valence-electron chi connectivity index (χ4n) is 7.48. The maximum atomic E-state index is 11.2. The highest BCUT2D eigenvalue weighted by Crippen LogP contribution is 2.54. The number of para-hydroxylation sites is 1. The molecule has 0 radical (unpaired) electrons. The van der Waals surface area contributed by atoms with E-state index in [1.807, 2.05) is 66.7 Å². The van der Waals surface area contributed by atoms with Gasteiger partial charge in [0.15, 0.2) is 0 Å². The minimum Gasteiger partial charge on any atom is -0.507 e. The van der Waals surface area contributed by atoms with Crippen molar-refractivity contribution in [3.8, 4) is 16.9 Å². The van der Waals surface area contributed by atoms with Crippen LogP contribution in [0.15, 0.2) is 208 Å². The molecule has 55 heavy (non-hydrogen) atoms. The number of nitrogens with zero attached hydrogens (tertiary/aromatic N) is 2. The van der Waals surface area contributed by atoms with E-state index in [2.05, 4.69) is 127 Å². The maximum Gasteiger partial charge on any atom is 0.131 e. The molecular weight excluding hydrogens is 673 g/mol. The number of fused-ring (bicyclic) bond motifs is 1. The molecule has 0 heterocycles. The van der Waals surface area contributed by atoms with Crippen molar-refractivity contribution < 1.29 is 5.11 Å². The molecule has 0 saturated heterocycles. The summed E-state index contributed by atoms with van der Waals surface area (Å²) in [5.74, 6) is 0.883. The summed E-state index contributed by atoms with van der Waals surface area (Å²) in [4.78, 5) is 0. The van der Waals surface area contributed by atoms with Crippen LogP contribution >= 0.6 is 0 Å². The van der Waals surface area contributed by atoms with Gasteiger partial charge in [0, 0.05) is 28.4 Å². The lowest BCUT2D eigenvalue weighted by atomic mass is 9.78. The van der Waals surface area contributed by atoms with Crippen molar-refractivity contribution in [1.82, 2.24) is 0 Å². The SMILES string of the molecule is C/C(=C\C=C(/N)C1=CC(C2C=CC=CC2)C(Nc2ccc(-c3cccc(C4=C5CC5=C4)c3O)cc2)C=C1)CN=NC(/C=C/c1ccccc1)c1ccccc1. The van der Waals surface area contributed by atoms with E-state index in [0.29, 0.717) is 18.2 Å². The quantitative estimate of drug-likeness (QED) is 0.0950. The van der Waals surface area contributed by atoms with Crippen molar-refractivity contribution in [1.29, 1.82) is 0 Å². The van der Waals surface area contributed by atoms with Gasteiger partial charge in [0.1, 0.15) is 11.8 Å². The molecule has 4 aliphatic rings. The van der Waals surface area contributed by atoms with Crippen molar-refractivity contribution in [2.45, 2.75) is 31.8 Å².